The van der Waals surface area contributed by atoms with Gasteiger partial charge in [-0.2, -0.15) is 0 Å². The fraction of sp³-hybridized carbons (Fsp3) is 0.214. The van der Waals surface area contributed by atoms with Gasteiger partial charge in [0.15, 0.2) is 0 Å². The van der Waals surface area contributed by atoms with E-state index in [-0.39, 0.29) is 11.7 Å². The highest BCUT2D eigenvalue weighted by Gasteiger charge is 2.15. The van der Waals surface area contributed by atoms with Crippen LogP contribution in [0.3, 0.4) is 0 Å². The van der Waals surface area contributed by atoms with Crippen LogP contribution in [0.25, 0.3) is 0 Å². The fourth-order valence-corrected chi connectivity index (χ4v) is 2.94. The second-order valence-corrected chi connectivity index (χ2v) is 6.19. The maximum atomic E-state index is 12.0. The lowest BCUT2D eigenvalue weighted by molar-refractivity contribution is -0.113. The number of amides is 1. The Morgan fingerprint density at radius 1 is 1.35 bits per heavy atom. The smallest absolute Gasteiger partial charge is 0.237 e. The average molecular weight is 312 g/mol. The van der Waals surface area contributed by atoms with Crippen LogP contribution in [0, 0.1) is 13.8 Å². The zero-order valence-corrected chi connectivity index (χ0v) is 12.7. The monoisotopic (exact) mass is 311 g/mol. The molecule has 0 fully saturated rings. The second kappa shape index (κ2) is 6.24. The number of aryl methyl sites for hydroxylation is 2. The number of carbonyl (C=O) groups excluding carboxylic acids is 1. The molecule has 1 heterocycles. The minimum atomic E-state index is -1.42. The molecule has 20 heavy (non-hydrogen) atoms. The van der Waals surface area contributed by atoms with E-state index in [1.165, 1.54) is 6.26 Å². The van der Waals surface area contributed by atoms with E-state index in [9.17, 15) is 9.00 Å². The summed E-state index contributed by atoms with van der Waals surface area (Å²) in [6.07, 6.45) is 1.46. The van der Waals surface area contributed by atoms with Crippen molar-refractivity contribution in [3.63, 3.8) is 0 Å². The number of anilines is 1. The van der Waals surface area contributed by atoms with Crippen LogP contribution in [-0.4, -0.2) is 15.9 Å². The second-order valence-electron chi connectivity index (χ2n) is 4.34. The van der Waals surface area contributed by atoms with Crippen LogP contribution in [0.5, 0.6) is 0 Å². The lowest BCUT2D eigenvalue weighted by Gasteiger charge is -2.08. The molecule has 0 radical (unpaired) electrons. The maximum absolute atomic E-state index is 12.0. The quantitative estimate of drug-likeness (QED) is 0.942. The summed E-state index contributed by atoms with van der Waals surface area (Å²) in [6, 6.07) is 6.85. The predicted octanol–water partition coefficient (Wildman–Crippen LogP) is 3.30. The van der Waals surface area contributed by atoms with Crippen molar-refractivity contribution in [2.24, 2.45) is 0 Å². The van der Waals surface area contributed by atoms with Gasteiger partial charge in [-0.05, 0) is 37.6 Å². The molecule has 0 unspecified atom stereocenters. The summed E-state index contributed by atoms with van der Waals surface area (Å²) in [5.74, 6) is 0.121. The van der Waals surface area contributed by atoms with Gasteiger partial charge in [-0.1, -0.05) is 17.7 Å². The number of benzene rings is 1. The van der Waals surface area contributed by atoms with Gasteiger partial charge < -0.3 is 9.73 Å². The highest BCUT2D eigenvalue weighted by atomic mass is 35.5. The molecule has 0 saturated carbocycles. The number of halogens is 1. The van der Waals surface area contributed by atoms with Gasteiger partial charge in [-0.3, -0.25) is 9.00 Å². The summed E-state index contributed by atoms with van der Waals surface area (Å²) in [6.45, 7) is 3.58. The Bertz CT molecular complexity index is 666. The molecule has 0 aliphatic rings. The van der Waals surface area contributed by atoms with Gasteiger partial charge in [-0.15, -0.1) is 0 Å². The average Bonchev–Trinajstić information content (AvgIpc) is 2.80. The molecule has 2 aromatic rings. The van der Waals surface area contributed by atoms with E-state index in [4.69, 9.17) is 16.0 Å². The van der Waals surface area contributed by atoms with Crippen LogP contribution in [0.1, 0.15) is 11.3 Å². The minimum absolute atomic E-state index is 0.119. The third-order valence-electron chi connectivity index (χ3n) is 2.79. The van der Waals surface area contributed by atoms with Gasteiger partial charge in [0.1, 0.15) is 11.5 Å². The largest absolute Gasteiger partial charge is 0.468 e. The summed E-state index contributed by atoms with van der Waals surface area (Å²) >= 11 is 5.88. The van der Waals surface area contributed by atoms with Crippen molar-refractivity contribution in [2.75, 3.05) is 11.1 Å². The number of nitrogens with one attached hydrogen (secondary N) is 1. The molecular formula is C14H14ClNO3S. The zero-order valence-electron chi connectivity index (χ0n) is 11.1. The molecule has 0 aliphatic heterocycles. The van der Waals surface area contributed by atoms with Crippen LogP contribution in [-0.2, 0) is 15.6 Å². The van der Waals surface area contributed by atoms with Crippen LogP contribution in [0.4, 0.5) is 5.69 Å². The number of carbonyl (C=O) groups is 1. The maximum Gasteiger partial charge on any atom is 0.237 e. The molecule has 1 aromatic carbocycles. The van der Waals surface area contributed by atoms with E-state index in [2.05, 4.69) is 5.32 Å². The van der Waals surface area contributed by atoms with Crippen molar-refractivity contribution in [3.8, 4) is 0 Å². The standard InChI is InChI=1S/C14H14ClNO3S/c1-9-3-4-11(15)7-12(9)16-14(17)8-20(18)13-5-6-19-10(13)2/h3-7H,8H2,1-2H3,(H,16,17)/t20-/m0/s1. The van der Waals surface area contributed by atoms with Crippen LogP contribution >= 0.6 is 11.6 Å². The Hall–Kier alpha value is -1.59. The summed E-state index contributed by atoms with van der Waals surface area (Å²) in [5.41, 5.74) is 1.52. The molecule has 6 heteroatoms. The van der Waals surface area contributed by atoms with Gasteiger partial charge in [0, 0.05) is 10.7 Å². The minimum Gasteiger partial charge on any atom is -0.468 e. The molecule has 1 amide bonds. The summed E-state index contributed by atoms with van der Waals surface area (Å²) < 4.78 is 17.1. The highest BCUT2D eigenvalue weighted by molar-refractivity contribution is 7.85. The Morgan fingerprint density at radius 2 is 2.10 bits per heavy atom. The highest BCUT2D eigenvalue weighted by Crippen LogP contribution is 2.20. The molecule has 4 nitrogen and oxygen atoms in total. The van der Waals surface area contributed by atoms with Crippen LogP contribution in [0.2, 0.25) is 5.02 Å². The Balaban J connectivity index is 2.04. The SMILES string of the molecule is Cc1ccc(Cl)cc1NC(=O)C[S@](=O)c1ccoc1C. The molecule has 0 saturated heterocycles. The Kier molecular flexibility index (Phi) is 4.62. The normalized spacial score (nSPS) is 12.2. The summed E-state index contributed by atoms with van der Waals surface area (Å²) in [5, 5.41) is 3.26. The van der Waals surface area contributed by atoms with Crippen molar-refractivity contribution >= 4 is 34.0 Å². The molecule has 106 valence electrons. The van der Waals surface area contributed by atoms with Gasteiger partial charge in [0.2, 0.25) is 5.91 Å². The molecule has 1 N–H and O–H groups in total. The van der Waals surface area contributed by atoms with Crippen molar-refractivity contribution in [1.29, 1.82) is 0 Å². The Morgan fingerprint density at radius 3 is 2.75 bits per heavy atom. The van der Waals surface area contributed by atoms with E-state index >= 15 is 0 Å². The molecule has 0 bridgehead atoms. The van der Waals surface area contributed by atoms with E-state index < -0.39 is 10.8 Å². The van der Waals surface area contributed by atoms with Crippen molar-refractivity contribution in [2.45, 2.75) is 18.7 Å². The van der Waals surface area contributed by atoms with Gasteiger partial charge in [0.25, 0.3) is 0 Å². The van der Waals surface area contributed by atoms with E-state index in [1.54, 1.807) is 25.1 Å². The number of furan rings is 1. The fourth-order valence-electron chi connectivity index (χ4n) is 1.72. The van der Waals surface area contributed by atoms with Gasteiger partial charge >= 0.3 is 0 Å². The summed E-state index contributed by atoms with van der Waals surface area (Å²) in [7, 11) is -1.42. The molecule has 2 rings (SSSR count). The van der Waals surface area contributed by atoms with Crippen molar-refractivity contribution < 1.29 is 13.4 Å². The van der Waals surface area contributed by atoms with E-state index in [0.717, 1.165) is 5.56 Å². The van der Waals surface area contributed by atoms with E-state index in [0.29, 0.717) is 21.4 Å². The topological polar surface area (TPSA) is 59.3 Å². The Labute approximate surface area is 124 Å². The molecule has 1 atom stereocenters. The first kappa shape index (κ1) is 14.8. The third-order valence-corrected chi connectivity index (χ3v) is 4.47. The zero-order chi connectivity index (χ0) is 14.7. The van der Waals surface area contributed by atoms with Crippen molar-refractivity contribution in [3.05, 3.63) is 46.9 Å². The molecule has 1 aromatic heterocycles. The molecular weight excluding hydrogens is 298 g/mol. The number of hydrogen-bond donors (Lipinski definition) is 1. The van der Waals surface area contributed by atoms with Crippen LogP contribution in [0.15, 0.2) is 39.8 Å². The summed E-state index contributed by atoms with van der Waals surface area (Å²) in [4.78, 5) is 12.5. The predicted molar refractivity (Wildman–Crippen MR) is 79.5 cm³/mol. The molecule has 0 aliphatic carbocycles. The number of hydrogen-bond acceptors (Lipinski definition) is 3. The first-order valence-corrected chi connectivity index (χ1v) is 7.65. The van der Waals surface area contributed by atoms with Crippen LogP contribution < -0.4 is 5.32 Å². The first-order chi connectivity index (χ1) is 9.47. The third kappa shape index (κ3) is 3.49. The molecule has 0 spiro atoms. The first-order valence-electron chi connectivity index (χ1n) is 5.96. The van der Waals surface area contributed by atoms with Gasteiger partial charge in [-0.25, -0.2) is 0 Å². The lowest BCUT2D eigenvalue weighted by atomic mass is 10.2. The van der Waals surface area contributed by atoms with Gasteiger partial charge in [0.05, 0.1) is 22.0 Å². The lowest BCUT2D eigenvalue weighted by Crippen LogP contribution is -2.20. The number of rotatable bonds is 4. The van der Waals surface area contributed by atoms with Crippen molar-refractivity contribution in [1.82, 2.24) is 0 Å². The van der Waals surface area contributed by atoms with E-state index in [1.807, 2.05) is 13.0 Å².